The lowest BCUT2D eigenvalue weighted by Gasteiger charge is -2.18. The summed E-state index contributed by atoms with van der Waals surface area (Å²) in [5.41, 5.74) is 11.8. The molecule has 0 saturated heterocycles. The quantitative estimate of drug-likeness (QED) is 0.899. The van der Waals surface area contributed by atoms with Crippen LogP contribution >= 0.6 is 15.9 Å². The van der Waals surface area contributed by atoms with Gasteiger partial charge in [0.15, 0.2) is 0 Å². The number of benzene rings is 2. The second-order valence-corrected chi connectivity index (χ2v) is 6.96. The number of hydrogen-bond acceptors (Lipinski definition) is 2. The SMILES string of the molecule is NC1c2ccccc2CC1Cc1cc(Br)cc2c1OCC2. The Hall–Kier alpha value is -1.32. The van der Waals surface area contributed by atoms with Crippen molar-refractivity contribution in [3.63, 3.8) is 0 Å². The zero-order valence-corrected chi connectivity index (χ0v) is 13.4. The first-order valence-corrected chi connectivity index (χ1v) is 8.29. The summed E-state index contributed by atoms with van der Waals surface area (Å²) in [4.78, 5) is 0. The average molecular weight is 344 g/mol. The third kappa shape index (κ3) is 2.29. The molecule has 0 amide bonds. The Morgan fingerprint density at radius 2 is 2.05 bits per heavy atom. The zero-order chi connectivity index (χ0) is 14.4. The summed E-state index contributed by atoms with van der Waals surface area (Å²) in [6, 6.07) is 13.1. The van der Waals surface area contributed by atoms with Crippen LogP contribution in [0.3, 0.4) is 0 Å². The average Bonchev–Trinajstić information content (AvgIpc) is 3.05. The van der Waals surface area contributed by atoms with E-state index in [1.807, 2.05) is 0 Å². The summed E-state index contributed by atoms with van der Waals surface area (Å²) in [6.45, 7) is 0.801. The third-order valence-corrected chi connectivity index (χ3v) is 5.17. The Balaban J connectivity index is 1.64. The van der Waals surface area contributed by atoms with Gasteiger partial charge in [0.1, 0.15) is 5.75 Å². The molecule has 0 spiro atoms. The second-order valence-electron chi connectivity index (χ2n) is 6.04. The molecule has 3 heteroatoms. The molecule has 21 heavy (non-hydrogen) atoms. The smallest absolute Gasteiger partial charge is 0.125 e. The summed E-state index contributed by atoms with van der Waals surface area (Å²) in [5, 5.41) is 0. The molecule has 2 nitrogen and oxygen atoms in total. The molecule has 1 heterocycles. The van der Waals surface area contributed by atoms with Gasteiger partial charge in [0.2, 0.25) is 0 Å². The molecule has 2 N–H and O–H groups in total. The van der Waals surface area contributed by atoms with Gasteiger partial charge in [-0.1, -0.05) is 40.2 Å². The lowest BCUT2D eigenvalue weighted by Crippen LogP contribution is -2.19. The van der Waals surface area contributed by atoms with Crippen LogP contribution < -0.4 is 10.5 Å². The van der Waals surface area contributed by atoms with E-state index in [2.05, 4.69) is 52.3 Å². The van der Waals surface area contributed by atoms with Crippen LogP contribution in [-0.2, 0) is 19.3 Å². The Bertz CT molecular complexity index is 698. The van der Waals surface area contributed by atoms with Gasteiger partial charge in [-0.25, -0.2) is 0 Å². The van der Waals surface area contributed by atoms with Crippen molar-refractivity contribution in [3.05, 3.63) is 63.1 Å². The van der Waals surface area contributed by atoms with Crippen LogP contribution in [0.1, 0.15) is 28.3 Å². The Morgan fingerprint density at radius 1 is 1.19 bits per heavy atom. The fourth-order valence-electron chi connectivity index (χ4n) is 3.69. The molecule has 0 aromatic heterocycles. The first-order chi connectivity index (χ1) is 10.2. The van der Waals surface area contributed by atoms with E-state index in [0.29, 0.717) is 5.92 Å². The zero-order valence-electron chi connectivity index (χ0n) is 11.8. The number of fused-ring (bicyclic) bond motifs is 2. The van der Waals surface area contributed by atoms with Crippen molar-refractivity contribution in [1.82, 2.24) is 0 Å². The molecule has 0 saturated carbocycles. The van der Waals surface area contributed by atoms with E-state index in [0.717, 1.165) is 36.1 Å². The largest absolute Gasteiger partial charge is 0.493 e. The van der Waals surface area contributed by atoms with E-state index in [1.54, 1.807) is 0 Å². The van der Waals surface area contributed by atoms with Crippen molar-refractivity contribution < 1.29 is 4.74 Å². The Morgan fingerprint density at radius 3 is 2.90 bits per heavy atom. The highest BCUT2D eigenvalue weighted by molar-refractivity contribution is 9.10. The van der Waals surface area contributed by atoms with Gasteiger partial charge in [0.05, 0.1) is 6.61 Å². The first-order valence-electron chi connectivity index (χ1n) is 7.50. The fraction of sp³-hybridized carbons (Fsp3) is 0.333. The van der Waals surface area contributed by atoms with Crippen LogP contribution in [-0.4, -0.2) is 6.61 Å². The lowest BCUT2D eigenvalue weighted by molar-refractivity contribution is 0.349. The number of hydrogen-bond donors (Lipinski definition) is 1. The van der Waals surface area contributed by atoms with Gasteiger partial charge in [-0.2, -0.15) is 0 Å². The second kappa shape index (κ2) is 5.15. The van der Waals surface area contributed by atoms with Gasteiger partial charge in [-0.05, 0) is 53.1 Å². The van der Waals surface area contributed by atoms with E-state index in [4.69, 9.17) is 10.5 Å². The highest BCUT2D eigenvalue weighted by atomic mass is 79.9. The molecule has 2 unspecified atom stereocenters. The molecule has 0 bridgehead atoms. The van der Waals surface area contributed by atoms with Crippen molar-refractivity contribution in [1.29, 1.82) is 0 Å². The standard InChI is InChI=1S/C18H18BrNO/c19-15-9-12-5-6-21-18(12)14(10-15)8-13-7-11-3-1-2-4-16(11)17(13)20/h1-4,9-10,13,17H,5-8,20H2. The summed E-state index contributed by atoms with van der Waals surface area (Å²) in [6.07, 6.45) is 3.06. The normalized spacial score (nSPS) is 22.8. The maximum absolute atomic E-state index is 6.47. The van der Waals surface area contributed by atoms with Crippen LogP contribution in [0, 0.1) is 5.92 Å². The van der Waals surface area contributed by atoms with Crippen LogP contribution in [0.25, 0.3) is 0 Å². The highest BCUT2D eigenvalue weighted by Crippen LogP contribution is 2.40. The summed E-state index contributed by atoms with van der Waals surface area (Å²) in [5.74, 6) is 1.56. The van der Waals surface area contributed by atoms with E-state index in [-0.39, 0.29) is 6.04 Å². The van der Waals surface area contributed by atoms with E-state index < -0.39 is 0 Å². The minimum Gasteiger partial charge on any atom is -0.493 e. The van der Waals surface area contributed by atoms with E-state index >= 15 is 0 Å². The van der Waals surface area contributed by atoms with Gasteiger partial charge in [0.25, 0.3) is 0 Å². The molecule has 2 aromatic rings. The van der Waals surface area contributed by atoms with Crippen molar-refractivity contribution in [2.45, 2.75) is 25.3 Å². The third-order valence-electron chi connectivity index (χ3n) is 4.71. The number of ether oxygens (including phenoxy) is 1. The number of rotatable bonds is 2. The molecule has 2 aliphatic rings. The van der Waals surface area contributed by atoms with Gasteiger partial charge in [-0.15, -0.1) is 0 Å². The number of nitrogens with two attached hydrogens (primary N) is 1. The predicted octanol–water partition coefficient (Wildman–Crippen LogP) is 3.80. The molecule has 4 rings (SSSR count). The van der Waals surface area contributed by atoms with Crippen LogP contribution in [0.4, 0.5) is 0 Å². The predicted molar refractivity (Wildman–Crippen MR) is 87.6 cm³/mol. The molecule has 1 aliphatic heterocycles. The fourth-order valence-corrected chi connectivity index (χ4v) is 4.24. The molecular formula is C18H18BrNO. The van der Waals surface area contributed by atoms with Crippen molar-refractivity contribution in [3.8, 4) is 5.75 Å². The van der Waals surface area contributed by atoms with Crippen LogP contribution in [0.15, 0.2) is 40.9 Å². The molecule has 1 aliphatic carbocycles. The minimum atomic E-state index is 0.136. The maximum atomic E-state index is 6.47. The Labute approximate surface area is 133 Å². The molecule has 2 aromatic carbocycles. The maximum Gasteiger partial charge on any atom is 0.125 e. The van der Waals surface area contributed by atoms with E-state index in [1.165, 1.54) is 22.3 Å². The number of halogens is 1. The van der Waals surface area contributed by atoms with Crippen molar-refractivity contribution in [2.75, 3.05) is 6.61 Å². The van der Waals surface area contributed by atoms with Gasteiger partial charge in [-0.3, -0.25) is 0 Å². The summed E-state index contributed by atoms with van der Waals surface area (Å²) in [7, 11) is 0. The van der Waals surface area contributed by atoms with Gasteiger partial charge < -0.3 is 10.5 Å². The Kier molecular flexibility index (Phi) is 3.27. The first kappa shape index (κ1) is 13.4. The summed E-state index contributed by atoms with van der Waals surface area (Å²) < 4.78 is 6.99. The lowest BCUT2D eigenvalue weighted by atomic mass is 9.92. The molecule has 0 fully saturated rings. The highest BCUT2D eigenvalue weighted by Gasteiger charge is 2.31. The van der Waals surface area contributed by atoms with Crippen molar-refractivity contribution in [2.24, 2.45) is 11.7 Å². The minimum absolute atomic E-state index is 0.136. The van der Waals surface area contributed by atoms with Gasteiger partial charge >= 0.3 is 0 Å². The van der Waals surface area contributed by atoms with Crippen LogP contribution in [0.2, 0.25) is 0 Å². The van der Waals surface area contributed by atoms with Crippen LogP contribution in [0.5, 0.6) is 5.75 Å². The topological polar surface area (TPSA) is 35.2 Å². The molecule has 2 atom stereocenters. The monoisotopic (exact) mass is 343 g/mol. The molecular weight excluding hydrogens is 326 g/mol. The molecule has 0 radical (unpaired) electrons. The van der Waals surface area contributed by atoms with E-state index in [9.17, 15) is 0 Å². The molecule has 108 valence electrons. The summed E-state index contributed by atoms with van der Waals surface area (Å²) >= 11 is 3.62. The van der Waals surface area contributed by atoms with Crippen molar-refractivity contribution >= 4 is 15.9 Å². The van der Waals surface area contributed by atoms with Gasteiger partial charge in [0, 0.05) is 16.9 Å².